The Morgan fingerprint density at radius 1 is 1.36 bits per heavy atom. The maximum Gasteiger partial charge on any atom is 1.00 e. The molecular weight excluding hydrogens is 285 g/mol. The summed E-state index contributed by atoms with van der Waals surface area (Å²) in [6.45, 7) is -0.902. The quantitative estimate of drug-likeness (QED) is 0.730. The summed E-state index contributed by atoms with van der Waals surface area (Å²) in [5.41, 5.74) is 0.989. The number of ether oxygens (including phenoxy) is 1. The molecule has 2 nitrogen and oxygen atoms in total. The van der Waals surface area contributed by atoms with E-state index in [-0.39, 0.29) is 62.6 Å². The third-order valence-corrected chi connectivity index (χ3v) is 1.92. The molecule has 0 radical (unpaired) electrons. The molecule has 1 aromatic rings. The first-order valence-electron chi connectivity index (χ1n) is 3.30. The maximum atomic E-state index is 11.8. The van der Waals surface area contributed by atoms with Crippen LogP contribution >= 0.6 is 15.9 Å². The molecule has 0 aliphatic heterocycles. The van der Waals surface area contributed by atoms with Gasteiger partial charge in [-0.05, 0) is 40.5 Å². The molecule has 6 heteroatoms. The first-order valence-corrected chi connectivity index (χ1v) is 4.10. The minimum absolute atomic E-state index is 0. The van der Waals surface area contributed by atoms with Crippen molar-refractivity contribution in [3.8, 4) is 5.75 Å². The van der Waals surface area contributed by atoms with Gasteiger partial charge in [0.05, 0.1) is 4.47 Å². The third-order valence-electron chi connectivity index (χ3n) is 1.30. The Morgan fingerprint density at radius 3 is 2.36 bits per heavy atom. The molecule has 0 heterocycles. The predicted molar refractivity (Wildman–Crippen MR) is 47.4 cm³/mol. The summed E-state index contributed by atoms with van der Waals surface area (Å²) < 4.78 is 28.3. The van der Waals surface area contributed by atoms with Crippen LogP contribution in [-0.4, -0.2) is 12.1 Å². The Bertz CT molecular complexity index is 284. The fourth-order valence-electron chi connectivity index (χ4n) is 0.797. The maximum absolute atomic E-state index is 11.8. The van der Waals surface area contributed by atoms with Gasteiger partial charge in [-0.1, -0.05) is 6.07 Å². The van der Waals surface area contributed by atoms with Crippen molar-refractivity contribution in [2.75, 3.05) is 0 Å². The third kappa shape index (κ3) is 5.74. The van der Waals surface area contributed by atoms with Crippen LogP contribution in [0.5, 0.6) is 5.75 Å². The molecule has 0 amide bonds. The number of rotatable bonds is 2. The van der Waals surface area contributed by atoms with E-state index in [0.29, 0.717) is 4.47 Å². The molecule has 0 atom stereocenters. The summed E-state index contributed by atoms with van der Waals surface area (Å²) in [6, 6.07) is 4.94. The van der Waals surface area contributed by atoms with Gasteiger partial charge in [-0.15, -0.1) is 0 Å². The Kier molecular flexibility index (Phi) is 10.1. The fraction of sp³-hybridized carbons (Fsp3) is 0.250. The SMILES string of the molecule is Cc1ccc(OC(F)F)c(Br)c1.[K+].[OH-]. The van der Waals surface area contributed by atoms with E-state index in [0.717, 1.165) is 5.56 Å². The average Bonchev–Trinajstić information content (AvgIpc) is 1.94. The monoisotopic (exact) mass is 292 g/mol. The van der Waals surface area contributed by atoms with E-state index < -0.39 is 6.61 Å². The first kappa shape index (κ1) is 17.4. The Morgan fingerprint density at radius 2 is 1.93 bits per heavy atom. The van der Waals surface area contributed by atoms with Crippen molar-refractivity contribution in [3.63, 3.8) is 0 Å². The van der Waals surface area contributed by atoms with Gasteiger partial charge < -0.3 is 10.2 Å². The summed E-state index contributed by atoms with van der Waals surface area (Å²) in [7, 11) is 0. The Hall–Kier alpha value is 0.956. The Labute approximate surface area is 132 Å². The van der Waals surface area contributed by atoms with E-state index in [4.69, 9.17) is 0 Å². The van der Waals surface area contributed by atoms with Crippen LogP contribution in [0, 0.1) is 6.92 Å². The second kappa shape index (κ2) is 8.15. The first-order chi connectivity index (χ1) is 5.59. The largest absolute Gasteiger partial charge is 1.00 e. The molecule has 0 aliphatic rings. The smallest absolute Gasteiger partial charge is 0.870 e. The number of hydrogen-bond acceptors (Lipinski definition) is 2. The van der Waals surface area contributed by atoms with Gasteiger partial charge in [0, 0.05) is 0 Å². The fourth-order valence-corrected chi connectivity index (χ4v) is 1.38. The van der Waals surface area contributed by atoms with Crippen LogP contribution in [0.4, 0.5) is 8.78 Å². The molecule has 1 N–H and O–H groups in total. The molecular formula is C8H8BrF2KO2. The minimum Gasteiger partial charge on any atom is -0.870 e. The summed E-state index contributed by atoms with van der Waals surface area (Å²) >= 11 is 3.12. The second-order valence-corrected chi connectivity index (χ2v) is 3.17. The molecule has 0 aromatic heterocycles. The molecule has 74 valence electrons. The summed E-state index contributed by atoms with van der Waals surface area (Å²) in [4.78, 5) is 0. The Balaban J connectivity index is 0. The zero-order chi connectivity index (χ0) is 9.14. The summed E-state index contributed by atoms with van der Waals surface area (Å²) in [6.07, 6.45) is 0. The van der Waals surface area contributed by atoms with Gasteiger partial charge in [-0.2, -0.15) is 8.78 Å². The van der Waals surface area contributed by atoms with Crippen LogP contribution < -0.4 is 56.1 Å². The van der Waals surface area contributed by atoms with Crippen molar-refractivity contribution in [2.45, 2.75) is 13.5 Å². The van der Waals surface area contributed by atoms with E-state index >= 15 is 0 Å². The van der Waals surface area contributed by atoms with Crippen molar-refractivity contribution in [1.82, 2.24) is 0 Å². The van der Waals surface area contributed by atoms with Gasteiger partial charge in [0.15, 0.2) is 0 Å². The molecule has 1 aromatic carbocycles. The molecule has 0 fully saturated rings. The van der Waals surface area contributed by atoms with E-state index in [1.54, 1.807) is 12.1 Å². The molecule has 0 unspecified atom stereocenters. The van der Waals surface area contributed by atoms with Gasteiger partial charge in [0.2, 0.25) is 0 Å². The van der Waals surface area contributed by atoms with Crippen molar-refractivity contribution in [1.29, 1.82) is 0 Å². The van der Waals surface area contributed by atoms with Gasteiger partial charge in [0.25, 0.3) is 0 Å². The van der Waals surface area contributed by atoms with Crippen LogP contribution in [0.1, 0.15) is 5.56 Å². The van der Waals surface area contributed by atoms with E-state index in [1.165, 1.54) is 6.07 Å². The van der Waals surface area contributed by atoms with Crippen LogP contribution in [-0.2, 0) is 0 Å². The minimum atomic E-state index is -2.77. The zero-order valence-electron chi connectivity index (χ0n) is 7.80. The van der Waals surface area contributed by atoms with Gasteiger partial charge in [-0.3, -0.25) is 0 Å². The van der Waals surface area contributed by atoms with Gasteiger partial charge in [-0.25, -0.2) is 0 Å². The standard InChI is InChI=1S/C8H7BrF2O.K.H2O/c1-5-2-3-7(6(9)4-5)12-8(10)11;;/h2-4,8H,1H3;;1H2/q;+1;/p-1. The van der Waals surface area contributed by atoms with E-state index in [2.05, 4.69) is 20.7 Å². The van der Waals surface area contributed by atoms with Gasteiger partial charge >= 0.3 is 58.0 Å². The predicted octanol–water partition coefficient (Wildman–Crippen LogP) is 0.186. The molecule has 14 heavy (non-hydrogen) atoms. The van der Waals surface area contributed by atoms with Crippen molar-refractivity contribution >= 4 is 15.9 Å². The topological polar surface area (TPSA) is 39.2 Å². The molecule has 0 aliphatic carbocycles. The molecule has 0 saturated carbocycles. The number of halogens is 3. The van der Waals surface area contributed by atoms with Crippen molar-refractivity contribution in [3.05, 3.63) is 28.2 Å². The number of aryl methyl sites for hydroxylation is 1. The molecule has 0 bridgehead atoms. The molecule has 1 rings (SSSR count). The zero-order valence-corrected chi connectivity index (χ0v) is 12.5. The number of hydrogen-bond donors (Lipinski definition) is 0. The van der Waals surface area contributed by atoms with Crippen molar-refractivity contribution < 1.29 is 70.4 Å². The normalized spacial score (nSPS) is 8.93. The van der Waals surface area contributed by atoms with Crippen molar-refractivity contribution in [2.24, 2.45) is 0 Å². The van der Waals surface area contributed by atoms with Crippen LogP contribution in [0.15, 0.2) is 22.7 Å². The summed E-state index contributed by atoms with van der Waals surface area (Å²) in [5, 5.41) is 0. The van der Waals surface area contributed by atoms with Crippen LogP contribution in [0.3, 0.4) is 0 Å². The summed E-state index contributed by atoms with van der Waals surface area (Å²) in [5.74, 6) is 0.163. The second-order valence-electron chi connectivity index (χ2n) is 2.31. The van der Waals surface area contributed by atoms with E-state index in [1.807, 2.05) is 6.92 Å². The van der Waals surface area contributed by atoms with Crippen LogP contribution in [0.2, 0.25) is 0 Å². The average molecular weight is 293 g/mol. The number of benzene rings is 1. The van der Waals surface area contributed by atoms with E-state index in [9.17, 15) is 8.78 Å². The molecule has 0 saturated heterocycles. The van der Waals surface area contributed by atoms with Gasteiger partial charge in [0.1, 0.15) is 5.75 Å². The molecule has 0 spiro atoms. The van der Waals surface area contributed by atoms with Crippen LogP contribution in [0.25, 0.3) is 0 Å². The number of alkyl halides is 2.